The summed E-state index contributed by atoms with van der Waals surface area (Å²) in [5, 5.41) is 1.06. The smallest absolute Gasteiger partial charge is 0.263 e. The zero-order valence-electron chi connectivity index (χ0n) is 13.8. The fourth-order valence-electron chi connectivity index (χ4n) is 2.54. The summed E-state index contributed by atoms with van der Waals surface area (Å²) in [6.45, 7) is -0.344. The number of pyridine rings is 1. The van der Waals surface area contributed by atoms with Crippen LogP contribution < -0.4 is 4.31 Å². The Labute approximate surface area is 163 Å². The van der Waals surface area contributed by atoms with Gasteiger partial charge in [-0.25, -0.2) is 8.42 Å². The minimum atomic E-state index is -4.37. The van der Waals surface area contributed by atoms with Gasteiger partial charge in [0.05, 0.1) is 5.02 Å². The van der Waals surface area contributed by atoms with Crippen LogP contribution in [0.25, 0.3) is 10.1 Å². The average molecular weight is 435 g/mol. The highest BCUT2D eigenvalue weighted by Crippen LogP contribution is 2.43. The predicted molar refractivity (Wildman–Crippen MR) is 101 cm³/mol. The van der Waals surface area contributed by atoms with Crippen molar-refractivity contribution in [2.45, 2.75) is 23.9 Å². The molecule has 0 spiro atoms. The summed E-state index contributed by atoms with van der Waals surface area (Å²) < 4.78 is 65.6. The van der Waals surface area contributed by atoms with Crippen molar-refractivity contribution in [1.29, 1.82) is 0 Å². The number of aromatic nitrogens is 1. The number of sulfonamides is 1. The summed E-state index contributed by atoms with van der Waals surface area (Å²) >= 11 is 7.51. The summed E-state index contributed by atoms with van der Waals surface area (Å²) in [6, 6.07) is 9.85. The zero-order valence-corrected chi connectivity index (χ0v) is 16.2. The molecule has 0 saturated heterocycles. The lowest BCUT2D eigenvalue weighted by Gasteiger charge is -2.23. The van der Waals surface area contributed by atoms with Gasteiger partial charge in [-0.3, -0.25) is 9.29 Å². The number of anilines is 1. The summed E-state index contributed by atoms with van der Waals surface area (Å²) in [7, 11) is -4.11. The first-order valence-corrected chi connectivity index (χ1v) is 10.5. The number of benzene rings is 1. The highest BCUT2D eigenvalue weighted by atomic mass is 35.5. The van der Waals surface area contributed by atoms with Gasteiger partial charge >= 0.3 is 6.18 Å². The Balaban J connectivity index is 2.05. The molecule has 2 aromatic heterocycles. The molecule has 0 aliphatic rings. The van der Waals surface area contributed by atoms with E-state index in [0.29, 0.717) is 5.39 Å². The van der Waals surface area contributed by atoms with Crippen molar-refractivity contribution in [3.63, 3.8) is 0 Å². The topological polar surface area (TPSA) is 50.3 Å². The summed E-state index contributed by atoms with van der Waals surface area (Å²) in [5.74, 6) is 0. The van der Waals surface area contributed by atoms with Crippen LogP contribution in [0.1, 0.15) is 12.8 Å². The first-order valence-electron chi connectivity index (χ1n) is 7.87. The van der Waals surface area contributed by atoms with Crippen molar-refractivity contribution in [2.24, 2.45) is 0 Å². The lowest BCUT2D eigenvalue weighted by Crippen LogP contribution is -2.32. The van der Waals surface area contributed by atoms with Gasteiger partial charge < -0.3 is 0 Å². The van der Waals surface area contributed by atoms with Crippen LogP contribution in [0.4, 0.5) is 18.2 Å². The maximum Gasteiger partial charge on any atom is 0.389 e. The van der Waals surface area contributed by atoms with E-state index in [9.17, 15) is 21.6 Å². The van der Waals surface area contributed by atoms with Crippen molar-refractivity contribution < 1.29 is 21.6 Å². The molecular formula is C17H14ClF3N2O2S2. The van der Waals surface area contributed by atoms with Crippen molar-refractivity contribution >= 4 is 48.0 Å². The molecule has 3 aromatic rings. The number of halogens is 4. The molecule has 0 amide bonds. The van der Waals surface area contributed by atoms with Crippen LogP contribution in [0.5, 0.6) is 0 Å². The van der Waals surface area contributed by atoms with E-state index in [1.807, 2.05) is 0 Å². The highest BCUT2D eigenvalue weighted by Gasteiger charge is 2.32. The molecule has 144 valence electrons. The number of rotatable bonds is 6. The van der Waals surface area contributed by atoms with Crippen LogP contribution in [0.2, 0.25) is 5.02 Å². The van der Waals surface area contributed by atoms with Crippen LogP contribution in [-0.2, 0) is 10.0 Å². The van der Waals surface area contributed by atoms with E-state index in [4.69, 9.17) is 11.6 Å². The molecule has 0 atom stereocenters. The molecule has 10 heteroatoms. The number of fused-ring (bicyclic) bond motifs is 1. The van der Waals surface area contributed by atoms with Crippen LogP contribution >= 0.6 is 22.9 Å². The molecule has 4 nitrogen and oxygen atoms in total. The number of nitrogens with zero attached hydrogens (tertiary/aromatic N) is 2. The van der Waals surface area contributed by atoms with Crippen LogP contribution in [-0.4, -0.2) is 26.1 Å². The molecule has 0 unspecified atom stereocenters. The Kier molecular flexibility index (Phi) is 5.64. The second-order valence-electron chi connectivity index (χ2n) is 5.70. The molecule has 0 bridgehead atoms. The standard InChI is InChI=1S/C17H14ClF3N2O2S2/c18-15-13-6-1-2-7-14(13)26-16(15)23(10-4-8-17(19,20)21)27(24,25)12-5-3-9-22-11-12/h1-3,5-7,9,11H,4,8,10H2. The van der Waals surface area contributed by atoms with Crippen LogP contribution in [0.3, 0.4) is 0 Å². The number of thiophene rings is 1. The Hall–Kier alpha value is -1.84. The summed E-state index contributed by atoms with van der Waals surface area (Å²) in [4.78, 5) is 3.69. The van der Waals surface area contributed by atoms with Gasteiger partial charge in [0, 0.05) is 35.4 Å². The summed E-state index contributed by atoms with van der Waals surface area (Å²) in [6.07, 6.45) is -3.26. The van der Waals surface area contributed by atoms with Gasteiger partial charge in [0.25, 0.3) is 10.0 Å². The third-order valence-corrected chi connectivity index (χ3v) is 7.37. The quantitative estimate of drug-likeness (QED) is 0.515. The molecular weight excluding hydrogens is 421 g/mol. The van der Waals surface area contributed by atoms with Crippen molar-refractivity contribution in [1.82, 2.24) is 4.98 Å². The first-order chi connectivity index (χ1) is 12.7. The number of hydrogen-bond donors (Lipinski definition) is 0. The molecule has 27 heavy (non-hydrogen) atoms. The van der Waals surface area contributed by atoms with Gasteiger partial charge in [0.1, 0.15) is 9.90 Å². The van der Waals surface area contributed by atoms with Crippen LogP contribution in [0.15, 0.2) is 53.7 Å². The molecule has 0 saturated carbocycles. The van der Waals surface area contributed by atoms with E-state index < -0.39 is 22.6 Å². The van der Waals surface area contributed by atoms with Gasteiger partial charge in [-0.05, 0) is 24.6 Å². The minimum absolute atomic E-state index is 0.106. The average Bonchev–Trinajstić information content (AvgIpc) is 2.95. The maximum absolute atomic E-state index is 13.1. The molecule has 0 N–H and O–H groups in total. The molecule has 1 aromatic carbocycles. The fourth-order valence-corrected chi connectivity index (χ4v) is 5.84. The largest absolute Gasteiger partial charge is 0.389 e. The minimum Gasteiger partial charge on any atom is -0.263 e. The molecule has 0 fully saturated rings. The normalized spacial score (nSPS) is 12.4. The molecule has 0 aliphatic carbocycles. The van der Waals surface area contributed by atoms with Gasteiger partial charge in [-0.15, -0.1) is 11.3 Å². The highest BCUT2D eigenvalue weighted by molar-refractivity contribution is 7.93. The van der Waals surface area contributed by atoms with E-state index >= 15 is 0 Å². The van der Waals surface area contributed by atoms with E-state index in [2.05, 4.69) is 4.98 Å². The summed E-state index contributed by atoms with van der Waals surface area (Å²) in [5.41, 5.74) is 0. The van der Waals surface area contributed by atoms with Crippen molar-refractivity contribution in [3.8, 4) is 0 Å². The second-order valence-corrected chi connectivity index (χ2v) is 8.97. The van der Waals surface area contributed by atoms with Crippen molar-refractivity contribution in [2.75, 3.05) is 10.8 Å². The van der Waals surface area contributed by atoms with E-state index in [-0.39, 0.29) is 27.9 Å². The Morgan fingerprint density at radius 1 is 1.15 bits per heavy atom. The van der Waals surface area contributed by atoms with Gasteiger partial charge in [0.15, 0.2) is 0 Å². The molecule has 0 aliphatic heterocycles. The molecule has 2 heterocycles. The maximum atomic E-state index is 13.1. The fraction of sp³-hybridized carbons (Fsp3) is 0.235. The Bertz CT molecular complexity index is 1040. The lowest BCUT2D eigenvalue weighted by molar-refractivity contribution is -0.134. The Morgan fingerprint density at radius 3 is 2.52 bits per heavy atom. The third kappa shape index (κ3) is 4.36. The number of alkyl halides is 3. The zero-order chi connectivity index (χ0) is 19.7. The van der Waals surface area contributed by atoms with Crippen LogP contribution in [0, 0.1) is 0 Å². The van der Waals surface area contributed by atoms with Gasteiger partial charge in [0.2, 0.25) is 0 Å². The van der Waals surface area contributed by atoms with Crippen molar-refractivity contribution in [3.05, 3.63) is 53.8 Å². The molecule has 3 rings (SSSR count). The lowest BCUT2D eigenvalue weighted by atomic mass is 10.2. The van der Waals surface area contributed by atoms with Gasteiger partial charge in [-0.2, -0.15) is 13.2 Å². The van der Waals surface area contributed by atoms with E-state index in [1.54, 1.807) is 24.3 Å². The second kappa shape index (κ2) is 7.65. The van der Waals surface area contributed by atoms with E-state index in [1.165, 1.54) is 18.3 Å². The van der Waals surface area contributed by atoms with Gasteiger partial charge in [-0.1, -0.05) is 29.8 Å². The third-order valence-electron chi connectivity index (χ3n) is 3.79. The predicted octanol–water partition coefficient (Wildman–Crippen LogP) is 5.49. The molecule has 0 radical (unpaired) electrons. The van der Waals surface area contributed by atoms with E-state index in [0.717, 1.165) is 26.5 Å². The monoisotopic (exact) mass is 434 g/mol. The SMILES string of the molecule is O=S(=O)(c1cccnc1)N(CCCC(F)(F)F)c1sc2ccccc2c1Cl. The Morgan fingerprint density at radius 2 is 1.89 bits per heavy atom. The first kappa shape index (κ1) is 19.9. The number of hydrogen-bond acceptors (Lipinski definition) is 4.